The highest BCUT2D eigenvalue weighted by molar-refractivity contribution is 6.00. The van der Waals surface area contributed by atoms with Gasteiger partial charge < -0.3 is 23.9 Å². The number of H-pyrrole nitrogens is 1. The Morgan fingerprint density at radius 3 is 2.41 bits per heavy atom. The molecule has 1 N–H and O–H groups in total. The Hall–Kier alpha value is -3.41. The first kappa shape index (κ1) is 17.0. The van der Waals surface area contributed by atoms with Gasteiger partial charge >= 0.3 is 5.97 Å². The van der Waals surface area contributed by atoms with E-state index in [9.17, 15) is 4.79 Å². The molecule has 4 rings (SSSR count). The van der Waals surface area contributed by atoms with Gasteiger partial charge in [-0.25, -0.2) is 4.79 Å². The summed E-state index contributed by atoms with van der Waals surface area (Å²) in [5.41, 5.74) is 4.54. The molecule has 3 aromatic rings. The van der Waals surface area contributed by atoms with Gasteiger partial charge in [-0.05, 0) is 29.8 Å². The maximum atomic E-state index is 12.5. The highest BCUT2D eigenvalue weighted by atomic mass is 16.5. The van der Waals surface area contributed by atoms with E-state index >= 15 is 0 Å². The summed E-state index contributed by atoms with van der Waals surface area (Å²) in [5, 5.41) is 0. The predicted molar refractivity (Wildman–Crippen MR) is 100 cm³/mol. The Labute approximate surface area is 156 Å². The summed E-state index contributed by atoms with van der Waals surface area (Å²) < 4.78 is 21.7. The largest absolute Gasteiger partial charge is 0.497 e. The lowest BCUT2D eigenvalue weighted by atomic mass is 9.96. The second kappa shape index (κ2) is 6.72. The number of ether oxygens (including phenoxy) is 4. The standard InChI is InChI=1S/C21H19NO5/c1-24-13-8-12(9-14(10-13)25-2)18-16-11-27-17-7-5-4-6-15(17)19(16)22-20(18)21(23)26-3/h4-10,22H,11H2,1-3H3. The molecule has 0 aliphatic carbocycles. The second-order valence-corrected chi connectivity index (χ2v) is 6.11. The van der Waals surface area contributed by atoms with Crippen molar-refractivity contribution in [2.45, 2.75) is 6.61 Å². The molecule has 6 heteroatoms. The number of aromatic amines is 1. The summed E-state index contributed by atoms with van der Waals surface area (Å²) in [4.78, 5) is 15.7. The molecule has 1 aliphatic rings. The van der Waals surface area contributed by atoms with Crippen molar-refractivity contribution >= 4 is 5.97 Å². The summed E-state index contributed by atoms with van der Waals surface area (Å²) in [6.07, 6.45) is 0. The summed E-state index contributed by atoms with van der Waals surface area (Å²) >= 11 is 0. The van der Waals surface area contributed by atoms with Crippen LogP contribution in [-0.4, -0.2) is 32.3 Å². The van der Waals surface area contributed by atoms with E-state index < -0.39 is 5.97 Å². The Morgan fingerprint density at radius 1 is 1.04 bits per heavy atom. The first-order chi connectivity index (χ1) is 13.2. The molecule has 138 valence electrons. The van der Waals surface area contributed by atoms with Crippen LogP contribution in [-0.2, 0) is 11.3 Å². The van der Waals surface area contributed by atoms with Crippen molar-refractivity contribution in [3.63, 3.8) is 0 Å². The zero-order valence-corrected chi connectivity index (χ0v) is 15.3. The molecule has 2 heterocycles. The molecule has 6 nitrogen and oxygen atoms in total. The zero-order valence-electron chi connectivity index (χ0n) is 15.3. The summed E-state index contributed by atoms with van der Waals surface area (Å²) in [7, 11) is 4.54. The normalized spacial score (nSPS) is 11.8. The average molecular weight is 365 g/mol. The Morgan fingerprint density at radius 2 is 1.74 bits per heavy atom. The molecule has 1 aromatic heterocycles. The molecule has 0 fully saturated rings. The van der Waals surface area contributed by atoms with Crippen LogP contribution in [0.5, 0.6) is 17.2 Å². The number of rotatable bonds is 4. The molecular formula is C21H19NO5. The van der Waals surface area contributed by atoms with Gasteiger partial charge in [-0.2, -0.15) is 0 Å². The molecule has 0 unspecified atom stereocenters. The number of hydrogen-bond donors (Lipinski definition) is 1. The predicted octanol–water partition coefficient (Wildman–Crippen LogP) is 4.04. The van der Waals surface area contributed by atoms with Crippen LogP contribution in [0.4, 0.5) is 0 Å². The summed E-state index contributed by atoms with van der Waals surface area (Å²) in [6, 6.07) is 13.2. The molecule has 0 bridgehead atoms. The lowest BCUT2D eigenvalue weighted by Crippen LogP contribution is -2.05. The Bertz CT molecular complexity index is 999. The van der Waals surface area contributed by atoms with Crippen LogP contribution in [0.1, 0.15) is 16.1 Å². The fourth-order valence-electron chi connectivity index (χ4n) is 3.39. The number of aromatic nitrogens is 1. The van der Waals surface area contributed by atoms with Crippen molar-refractivity contribution in [1.29, 1.82) is 0 Å². The van der Waals surface area contributed by atoms with Crippen molar-refractivity contribution in [2.75, 3.05) is 21.3 Å². The molecule has 0 spiro atoms. The van der Waals surface area contributed by atoms with Gasteiger partial charge in [0.15, 0.2) is 0 Å². The van der Waals surface area contributed by atoms with Crippen LogP contribution in [0.2, 0.25) is 0 Å². The van der Waals surface area contributed by atoms with Gasteiger partial charge in [-0.1, -0.05) is 12.1 Å². The topological polar surface area (TPSA) is 69.8 Å². The minimum Gasteiger partial charge on any atom is -0.497 e. The molecule has 0 amide bonds. The van der Waals surface area contributed by atoms with Crippen LogP contribution in [0, 0.1) is 0 Å². The lowest BCUT2D eigenvalue weighted by molar-refractivity contribution is 0.0596. The Balaban J connectivity index is 1.99. The van der Waals surface area contributed by atoms with Gasteiger partial charge in [0, 0.05) is 22.8 Å². The molecule has 0 saturated heterocycles. The van der Waals surface area contributed by atoms with E-state index in [0.29, 0.717) is 23.8 Å². The summed E-state index contributed by atoms with van der Waals surface area (Å²) in [5.74, 6) is 1.59. The van der Waals surface area contributed by atoms with Crippen molar-refractivity contribution in [3.8, 4) is 39.6 Å². The Kier molecular flexibility index (Phi) is 4.24. The van der Waals surface area contributed by atoms with Crippen molar-refractivity contribution in [3.05, 3.63) is 53.7 Å². The third-order valence-corrected chi connectivity index (χ3v) is 4.66. The van der Waals surface area contributed by atoms with Crippen LogP contribution < -0.4 is 14.2 Å². The third kappa shape index (κ3) is 2.79. The van der Waals surface area contributed by atoms with E-state index in [4.69, 9.17) is 18.9 Å². The van der Waals surface area contributed by atoms with Crippen molar-refractivity contribution in [1.82, 2.24) is 4.98 Å². The number of nitrogens with one attached hydrogen (secondary N) is 1. The molecule has 0 atom stereocenters. The third-order valence-electron chi connectivity index (χ3n) is 4.66. The van der Waals surface area contributed by atoms with E-state index in [1.54, 1.807) is 20.3 Å². The lowest BCUT2D eigenvalue weighted by Gasteiger charge is -2.19. The first-order valence-electron chi connectivity index (χ1n) is 8.45. The average Bonchev–Trinajstić information content (AvgIpc) is 3.12. The van der Waals surface area contributed by atoms with E-state index in [0.717, 1.165) is 33.7 Å². The van der Waals surface area contributed by atoms with Gasteiger partial charge in [0.1, 0.15) is 29.5 Å². The number of carbonyl (C=O) groups is 1. The van der Waals surface area contributed by atoms with Gasteiger partial charge in [0.25, 0.3) is 0 Å². The van der Waals surface area contributed by atoms with Gasteiger partial charge in [-0.3, -0.25) is 0 Å². The van der Waals surface area contributed by atoms with Crippen molar-refractivity contribution < 1.29 is 23.7 Å². The number of carbonyl (C=O) groups excluding carboxylic acids is 1. The maximum absolute atomic E-state index is 12.5. The smallest absolute Gasteiger partial charge is 0.355 e. The molecule has 1 aliphatic heterocycles. The second-order valence-electron chi connectivity index (χ2n) is 6.11. The maximum Gasteiger partial charge on any atom is 0.355 e. The number of esters is 1. The minimum absolute atomic E-state index is 0.342. The van der Waals surface area contributed by atoms with Gasteiger partial charge in [-0.15, -0.1) is 0 Å². The van der Waals surface area contributed by atoms with E-state index in [1.807, 2.05) is 36.4 Å². The van der Waals surface area contributed by atoms with Crippen LogP contribution in [0.25, 0.3) is 22.4 Å². The molecule has 2 aromatic carbocycles. The van der Waals surface area contributed by atoms with E-state index in [2.05, 4.69) is 4.98 Å². The highest BCUT2D eigenvalue weighted by Gasteiger charge is 2.29. The number of methoxy groups -OCH3 is 3. The number of benzene rings is 2. The molecule has 27 heavy (non-hydrogen) atoms. The van der Waals surface area contributed by atoms with Crippen LogP contribution >= 0.6 is 0 Å². The SMILES string of the molecule is COC(=O)c1[nH]c2c(c1-c1cc(OC)cc(OC)c1)COc1ccccc1-2. The number of hydrogen-bond acceptors (Lipinski definition) is 5. The number of fused-ring (bicyclic) bond motifs is 3. The molecule has 0 radical (unpaired) electrons. The monoisotopic (exact) mass is 365 g/mol. The van der Waals surface area contributed by atoms with Gasteiger partial charge in [0.05, 0.1) is 27.0 Å². The van der Waals surface area contributed by atoms with Crippen LogP contribution in [0.15, 0.2) is 42.5 Å². The fourth-order valence-corrected chi connectivity index (χ4v) is 3.39. The van der Waals surface area contributed by atoms with Crippen molar-refractivity contribution in [2.24, 2.45) is 0 Å². The zero-order chi connectivity index (χ0) is 19.0. The van der Waals surface area contributed by atoms with E-state index in [1.165, 1.54) is 7.11 Å². The quantitative estimate of drug-likeness (QED) is 0.707. The molecular weight excluding hydrogens is 346 g/mol. The van der Waals surface area contributed by atoms with Gasteiger partial charge in [0.2, 0.25) is 0 Å². The molecule has 0 saturated carbocycles. The van der Waals surface area contributed by atoms with E-state index in [-0.39, 0.29) is 0 Å². The summed E-state index contributed by atoms with van der Waals surface area (Å²) in [6.45, 7) is 0.342. The number of para-hydroxylation sites is 1. The first-order valence-corrected chi connectivity index (χ1v) is 8.45. The minimum atomic E-state index is -0.446. The fraction of sp³-hybridized carbons (Fsp3) is 0.190. The van der Waals surface area contributed by atoms with Crippen LogP contribution in [0.3, 0.4) is 0 Å². The highest BCUT2D eigenvalue weighted by Crippen LogP contribution is 2.44.